The van der Waals surface area contributed by atoms with E-state index in [9.17, 15) is 4.79 Å². The highest BCUT2D eigenvalue weighted by Gasteiger charge is 2.20. The molecule has 2 aromatic heterocycles. The average molecular weight is 338 g/mol. The summed E-state index contributed by atoms with van der Waals surface area (Å²) in [5, 5.41) is 5.21. The fourth-order valence-electron chi connectivity index (χ4n) is 2.59. The van der Waals surface area contributed by atoms with Crippen LogP contribution >= 0.6 is 11.3 Å². The van der Waals surface area contributed by atoms with Crippen LogP contribution in [-0.2, 0) is 6.42 Å². The predicted octanol–water partition coefficient (Wildman–Crippen LogP) is 3.18. The van der Waals surface area contributed by atoms with E-state index in [-0.39, 0.29) is 12.0 Å². The number of amides is 1. The SMILES string of the molecule is CC1Cc2cc(NC(=O)c3csc(-c4ncccn4)n3)ccc2O1. The number of rotatable bonds is 3. The highest BCUT2D eigenvalue weighted by molar-refractivity contribution is 7.13. The van der Waals surface area contributed by atoms with Gasteiger partial charge in [0.2, 0.25) is 0 Å². The first-order valence-corrected chi connectivity index (χ1v) is 8.41. The van der Waals surface area contributed by atoms with Crippen LogP contribution in [0.1, 0.15) is 23.0 Å². The Morgan fingerprint density at radius 3 is 3.00 bits per heavy atom. The highest BCUT2D eigenvalue weighted by atomic mass is 32.1. The standard InChI is InChI=1S/C17H14N4O2S/c1-10-7-11-8-12(3-4-14(11)23-10)20-16(22)13-9-24-17(21-13)15-18-5-2-6-19-15/h2-6,8-10H,7H2,1H3,(H,20,22). The van der Waals surface area contributed by atoms with Gasteiger partial charge in [-0.2, -0.15) is 0 Å². The Labute approximate surface area is 142 Å². The maximum Gasteiger partial charge on any atom is 0.275 e. The number of nitrogens with one attached hydrogen (secondary N) is 1. The molecule has 3 heterocycles. The zero-order valence-corrected chi connectivity index (χ0v) is 13.7. The second kappa shape index (κ2) is 6.01. The summed E-state index contributed by atoms with van der Waals surface area (Å²) in [4.78, 5) is 25.0. The van der Waals surface area contributed by atoms with Gasteiger partial charge in [-0.05, 0) is 36.8 Å². The fraction of sp³-hybridized carbons (Fsp3) is 0.176. The zero-order chi connectivity index (χ0) is 16.5. The van der Waals surface area contributed by atoms with Gasteiger partial charge in [0.05, 0.1) is 0 Å². The van der Waals surface area contributed by atoms with Crippen LogP contribution in [-0.4, -0.2) is 27.0 Å². The van der Waals surface area contributed by atoms with Crippen molar-refractivity contribution in [2.45, 2.75) is 19.4 Å². The van der Waals surface area contributed by atoms with Gasteiger partial charge in [-0.25, -0.2) is 15.0 Å². The van der Waals surface area contributed by atoms with E-state index < -0.39 is 0 Å². The molecule has 0 aliphatic carbocycles. The lowest BCUT2D eigenvalue weighted by molar-refractivity contribution is 0.102. The minimum Gasteiger partial charge on any atom is -0.490 e. The average Bonchev–Trinajstić information content (AvgIpc) is 3.21. The Balaban J connectivity index is 1.51. The number of hydrogen-bond acceptors (Lipinski definition) is 6. The molecule has 0 saturated heterocycles. The second-order valence-electron chi connectivity index (χ2n) is 5.52. The van der Waals surface area contributed by atoms with Crippen LogP contribution in [0.4, 0.5) is 5.69 Å². The van der Waals surface area contributed by atoms with Crippen molar-refractivity contribution in [1.29, 1.82) is 0 Å². The van der Waals surface area contributed by atoms with Gasteiger partial charge in [0.15, 0.2) is 10.8 Å². The molecule has 1 N–H and O–H groups in total. The summed E-state index contributed by atoms with van der Waals surface area (Å²) in [5.41, 5.74) is 2.20. The van der Waals surface area contributed by atoms with Crippen molar-refractivity contribution in [2.24, 2.45) is 0 Å². The second-order valence-corrected chi connectivity index (χ2v) is 6.38. The summed E-state index contributed by atoms with van der Waals surface area (Å²) < 4.78 is 5.67. The van der Waals surface area contributed by atoms with Crippen LogP contribution in [0, 0.1) is 0 Å². The Kier molecular flexibility index (Phi) is 3.70. The molecule has 0 spiro atoms. The number of benzene rings is 1. The summed E-state index contributed by atoms with van der Waals surface area (Å²) >= 11 is 1.34. The molecular weight excluding hydrogens is 324 g/mol. The van der Waals surface area contributed by atoms with E-state index in [1.165, 1.54) is 11.3 Å². The third-order valence-electron chi connectivity index (χ3n) is 3.65. The molecule has 1 aliphatic rings. The van der Waals surface area contributed by atoms with Gasteiger partial charge in [-0.3, -0.25) is 4.79 Å². The van der Waals surface area contributed by atoms with Gasteiger partial charge in [0.1, 0.15) is 17.5 Å². The van der Waals surface area contributed by atoms with Crippen molar-refractivity contribution in [3.8, 4) is 16.6 Å². The van der Waals surface area contributed by atoms with Crippen LogP contribution in [0.25, 0.3) is 10.8 Å². The third kappa shape index (κ3) is 2.85. The number of ether oxygens (including phenoxy) is 1. The van der Waals surface area contributed by atoms with Crippen molar-refractivity contribution in [3.63, 3.8) is 0 Å². The zero-order valence-electron chi connectivity index (χ0n) is 12.9. The largest absolute Gasteiger partial charge is 0.490 e. The van der Waals surface area contributed by atoms with Gasteiger partial charge in [-0.1, -0.05) is 0 Å². The number of hydrogen-bond donors (Lipinski definition) is 1. The molecule has 7 heteroatoms. The first-order valence-electron chi connectivity index (χ1n) is 7.53. The summed E-state index contributed by atoms with van der Waals surface area (Å²) in [5.74, 6) is 1.16. The third-order valence-corrected chi connectivity index (χ3v) is 4.49. The molecule has 6 nitrogen and oxygen atoms in total. The Morgan fingerprint density at radius 1 is 1.33 bits per heavy atom. The number of anilines is 1. The Morgan fingerprint density at radius 2 is 2.17 bits per heavy atom. The number of aromatic nitrogens is 3. The molecule has 1 aliphatic heterocycles. The smallest absolute Gasteiger partial charge is 0.275 e. The van der Waals surface area contributed by atoms with E-state index in [1.54, 1.807) is 23.8 Å². The Hall–Kier alpha value is -2.80. The fourth-order valence-corrected chi connectivity index (χ4v) is 3.33. The van der Waals surface area contributed by atoms with E-state index >= 15 is 0 Å². The number of nitrogens with zero attached hydrogens (tertiary/aromatic N) is 3. The van der Waals surface area contributed by atoms with Crippen LogP contribution in [0.3, 0.4) is 0 Å². The van der Waals surface area contributed by atoms with Crippen molar-refractivity contribution >= 4 is 22.9 Å². The van der Waals surface area contributed by atoms with E-state index in [2.05, 4.69) is 20.3 Å². The summed E-state index contributed by atoms with van der Waals surface area (Å²) in [7, 11) is 0. The number of carbonyl (C=O) groups excluding carboxylic acids is 1. The lowest BCUT2D eigenvalue weighted by atomic mass is 10.1. The van der Waals surface area contributed by atoms with Crippen LogP contribution in [0.5, 0.6) is 5.75 Å². The topological polar surface area (TPSA) is 77.0 Å². The van der Waals surface area contributed by atoms with Crippen molar-refractivity contribution < 1.29 is 9.53 Å². The molecule has 24 heavy (non-hydrogen) atoms. The minimum absolute atomic E-state index is 0.179. The number of carbonyl (C=O) groups is 1. The molecule has 0 bridgehead atoms. The van der Waals surface area contributed by atoms with Crippen LogP contribution < -0.4 is 10.1 Å². The van der Waals surface area contributed by atoms with Gasteiger partial charge < -0.3 is 10.1 Å². The molecule has 1 amide bonds. The van der Waals surface area contributed by atoms with Gasteiger partial charge in [0.25, 0.3) is 5.91 Å². The molecule has 4 rings (SSSR count). The molecule has 1 unspecified atom stereocenters. The lowest BCUT2D eigenvalue weighted by Crippen LogP contribution is -2.12. The summed E-state index contributed by atoms with van der Waals surface area (Å²) in [6.07, 6.45) is 4.33. The van der Waals surface area contributed by atoms with Crippen LogP contribution in [0.2, 0.25) is 0 Å². The summed E-state index contributed by atoms with van der Waals surface area (Å²) in [6.45, 7) is 2.03. The number of thiazole rings is 1. The molecule has 0 fully saturated rings. The van der Waals surface area contributed by atoms with Crippen LogP contribution in [0.15, 0.2) is 42.0 Å². The van der Waals surface area contributed by atoms with Crippen molar-refractivity contribution in [3.05, 3.63) is 53.3 Å². The molecule has 1 atom stereocenters. The van der Waals surface area contributed by atoms with E-state index in [0.717, 1.165) is 23.4 Å². The molecule has 0 radical (unpaired) electrons. The molecular formula is C17H14N4O2S. The monoisotopic (exact) mass is 338 g/mol. The highest BCUT2D eigenvalue weighted by Crippen LogP contribution is 2.31. The van der Waals surface area contributed by atoms with E-state index in [0.29, 0.717) is 16.5 Å². The van der Waals surface area contributed by atoms with Gasteiger partial charge >= 0.3 is 0 Å². The van der Waals surface area contributed by atoms with E-state index in [1.807, 2.05) is 25.1 Å². The minimum atomic E-state index is -0.250. The normalized spacial score (nSPS) is 15.6. The molecule has 120 valence electrons. The predicted molar refractivity (Wildman–Crippen MR) is 91.3 cm³/mol. The van der Waals surface area contributed by atoms with E-state index in [4.69, 9.17) is 4.74 Å². The van der Waals surface area contributed by atoms with Crippen molar-refractivity contribution in [1.82, 2.24) is 15.0 Å². The lowest BCUT2D eigenvalue weighted by Gasteiger charge is -2.05. The quantitative estimate of drug-likeness (QED) is 0.794. The maximum atomic E-state index is 12.4. The molecule has 0 saturated carbocycles. The summed E-state index contributed by atoms with van der Waals surface area (Å²) in [6, 6.07) is 7.41. The molecule has 3 aromatic rings. The molecule has 1 aromatic carbocycles. The first kappa shape index (κ1) is 14.8. The van der Waals surface area contributed by atoms with Gasteiger partial charge in [-0.15, -0.1) is 11.3 Å². The number of fused-ring (bicyclic) bond motifs is 1. The first-order chi connectivity index (χ1) is 11.7. The van der Waals surface area contributed by atoms with Crippen molar-refractivity contribution in [2.75, 3.05) is 5.32 Å². The van der Waals surface area contributed by atoms with Gasteiger partial charge in [0, 0.05) is 29.9 Å². The Bertz CT molecular complexity index is 895. The maximum absolute atomic E-state index is 12.4.